The fourth-order valence-electron chi connectivity index (χ4n) is 8.79. The highest BCUT2D eigenvalue weighted by molar-refractivity contribution is 6.02. The third-order valence-electron chi connectivity index (χ3n) is 11.9. The molecule has 0 amide bonds. The van der Waals surface area contributed by atoms with E-state index in [1.54, 1.807) is 0 Å². The topological polar surface area (TPSA) is 16.4 Å². The van der Waals surface area contributed by atoms with E-state index in [1.165, 1.54) is 38.6 Å². The Morgan fingerprint density at radius 1 is 0.290 bits per heavy atom. The SMILES string of the molecule is c1ccc(-c2ccccc2N(c2ccc(-c3cccc(-c4ccc5ccccc5c4)c3)cc2)c2ccc(-c3cccc(-c4oc5ccccc5c4-c4ccccc4)c3)cc2)cc1. The minimum atomic E-state index is 0.878. The van der Waals surface area contributed by atoms with Crippen LogP contribution in [0.2, 0.25) is 0 Å². The molecule has 62 heavy (non-hydrogen) atoms. The van der Waals surface area contributed by atoms with Crippen LogP contribution in [-0.2, 0) is 0 Å². The summed E-state index contributed by atoms with van der Waals surface area (Å²) in [6, 6.07) is 88.9. The van der Waals surface area contributed by atoms with Crippen molar-refractivity contribution in [2.45, 2.75) is 0 Å². The third-order valence-corrected chi connectivity index (χ3v) is 11.9. The van der Waals surface area contributed by atoms with Crippen LogP contribution in [0.25, 0.3) is 88.7 Å². The van der Waals surface area contributed by atoms with Crippen molar-refractivity contribution in [3.05, 3.63) is 249 Å². The molecule has 0 aliphatic carbocycles. The van der Waals surface area contributed by atoms with Gasteiger partial charge < -0.3 is 9.32 Å². The van der Waals surface area contributed by atoms with Crippen molar-refractivity contribution in [1.82, 2.24) is 0 Å². The van der Waals surface area contributed by atoms with Gasteiger partial charge in [-0.05, 0) is 110 Å². The van der Waals surface area contributed by atoms with Gasteiger partial charge in [-0.15, -0.1) is 0 Å². The zero-order valence-electron chi connectivity index (χ0n) is 34.0. The van der Waals surface area contributed by atoms with Crippen LogP contribution in [-0.4, -0.2) is 0 Å². The van der Waals surface area contributed by atoms with Crippen molar-refractivity contribution in [2.24, 2.45) is 0 Å². The first kappa shape index (κ1) is 36.8. The van der Waals surface area contributed by atoms with E-state index in [1.807, 2.05) is 12.1 Å². The molecule has 0 atom stereocenters. The van der Waals surface area contributed by atoms with Crippen molar-refractivity contribution in [3.8, 4) is 67.0 Å². The predicted octanol–water partition coefficient (Wildman–Crippen LogP) is 17.1. The van der Waals surface area contributed by atoms with Crippen molar-refractivity contribution >= 4 is 38.8 Å². The number of benzene rings is 10. The van der Waals surface area contributed by atoms with Crippen LogP contribution >= 0.6 is 0 Å². The Kier molecular flexibility index (Phi) is 9.57. The first-order valence-electron chi connectivity index (χ1n) is 21.2. The third kappa shape index (κ3) is 7.04. The molecular formula is C60H41NO. The summed E-state index contributed by atoms with van der Waals surface area (Å²) < 4.78 is 6.60. The molecule has 0 saturated carbocycles. The van der Waals surface area contributed by atoms with E-state index in [0.29, 0.717) is 0 Å². The molecule has 0 spiro atoms. The number of fused-ring (bicyclic) bond motifs is 2. The highest BCUT2D eigenvalue weighted by Gasteiger charge is 2.20. The van der Waals surface area contributed by atoms with Gasteiger partial charge in [0.15, 0.2) is 0 Å². The molecule has 2 nitrogen and oxygen atoms in total. The molecule has 11 rings (SSSR count). The van der Waals surface area contributed by atoms with Crippen molar-refractivity contribution in [1.29, 1.82) is 0 Å². The Labute approximate surface area is 362 Å². The fraction of sp³-hybridized carbons (Fsp3) is 0. The highest BCUT2D eigenvalue weighted by atomic mass is 16.3. The summed E-state index contributed by atoms with van der Waals surface area (Å²) >= 11 is 0. The maximum absolute atomic E-state index is 6.60. The monoisotopic (exact) mass is 791 g/mol. The molecule has 0 N–H and O–H groups in total. The summed E-state index contributed by atoms with van der Waals surface area (Å²) in [5, 5.41) is 3.61. The molecule has 0 fully saturated rings. The van der Waals surface area contributed by atoms with Crippen LogP contribution in [0.4, 0.5) is 17.1 Å². The van der Waals surface area contributed by atoms with Crippen molar-refractivity contribution < 1.29 is 4.42 Å². The lowest BCUT2D eigenvalue weighted by molar-refractivity contribution is 0.632. The second-order valence-corrected chi connectivity index (χ2v) is 15.7. The van der Waals surface area contributed by atoms with Gasteiger partial charge in [-0.1, -0.05) is 194 Å². The van der Waals surface area contributed by atoms with Crippen LogP contribution < -0.4 is 4.90 Å². The van der Waals surface area contributed by atoms with Crippen LogP contribution in [0.3, 0.4) is 0 Å². The zero-order valence-corrected chi connectivity index (χ0v) is 34.0. The molecule has 292 valence electrons. The standard InChI is InChI=1S/C60H41NO/c1-3-16-45(17-4-1)55-25-9-11-27-57(55)61(53-35-31-43(32-36-53)48-21-13-23-50(39-48)51-30-29-42-15-7-8-20-47(42)40-51)54-37-33-44(34-38-54)49-22-14-24-52(41-49)60-59(46-18-5-2-6-19-46)56-26-10-12-28-58(56)62-60/h1-41H. The average molecular weight is 792 g/mol. The number of furan rings is 1. The summed E-state index contributed by atoms with van der Waals surface area (Å²) in [5.74, 6) is 0.878. The normalized spacial score (nSPS) is 11.2. The minimum absolute atomic E-state index is 0.878. The molecule has 0 radical (unpaired) electrons. The van der Waals surface area contributed by atoms with Gasteiger partial charge in [0.05, 0.1) is 5.69 Å². The van der Waals surface area contributed by atoms with Gasteiger partial charge in [-0.2, -0.15) is 0 Å². The first-order chi connectivity index (χ1) is 30.7. The smallest absolute Gasteiger partial charge is 0.143 e. The first-order valence-corrected chi connectivity index (χ1v) is 21.2. The van der Waals surface area contributed by atoms with Gasteiger partial charge in [-0.25, -0.2) is 0 Å². The van der Waals surface area contributed by atoms with Crippen LogP contribution in [0.15, 0.2) is 253 Å². The number of para-hydroxylation sites is 2. The van der Waals surface area contributed by atoms with E-state index in [4.69, 9.17) is 4.42 Å². The van der Waals surface area contributed by atoms with Crippen LogP contribution in [0.1, 0.15) is 0 Å². The molecule has 0 unspecified atom stereocenters. The summed E-state index contributed by atoms with van der Waals surface area (Å²) in [5.41, 5.74) is 16.8. The summed E-state index contributed by atoms with van der Waals surface area (Å²) in [4.78, 5) is 2.37. The second kappa shape index (κ2) is 16.1. The maximum Gasteiger partial charge on any atom is 0.143 e. The lowest BCUT2D eigenvalue weighted by atomic mass is 9.96. The molecule has 0 saturated heterocycles. The molecule has 10 aromatic carbocycles. The molecule has 0 aliphatic heterocycles. The minimum Gasteiger partial charge on any atom is -0.455 e. The Morgan fingerprint density at radius 3 is 1.47 bits per heavy atom. The summed E-state index contributed by atoms with van der Waals surface area (Å²) in [6.45, 7) is 0. The Hall–Kier alpha value is -8.20. The second-order valence-electron chi connectivity index (χ2n) is 15.7. The molecule has 2 heteroatoms. The van der Waals surface area contributed by atoms with Crippen molar-refractivity contribution in [3.63, 3.8) is 0 Å². The highest BCUT2D eigenvalue weighted by Crippen LogP contribution is 2.44. The van der Waals surface area contributed by atoms with E-state index < -0.39 is 0 Å². The van der Waals surface area contributed by atoms with Crippen LogP contribution in [0, 0.1) is 0 Å². The lowest BCUT2D eigenvalue weighted by Crippen LogP contribution is -2.11. The molecular weight excluding hydrogens is 751 g/mol. The maximum atomic E-state index is 6.60. The molecule has 0 bridgehead atoms. The van der Waals surface area contributed by atoms with Gasteiger partial charge in [-0.3, -0.25) is 0 Å². The number of rotatable bonds is 9. The van der Waals surface area contributed by atoms with E-state index in [9.17, 15) is 0 Å². The quantitative estimate of drug-likeness (QED) is 0.145. The van der Waals surface area contributed by atoms with Gasteiger partial charge >= 0.3 is 0 Å². The molecule has 1 heterocycles. The zero-order chi connectivity index (χ0) is 41.2. The Bertz CT molecular complexity index is 3330. The lowest BCUT2D eigenvalue weighted by Gasteiger charge is -2.28. The predicted molar refractivity (Wildman–Crippen MR) is 261 cm³/mol. The van der Waals surface area contributed by atoms with Crippen LogP contribution in [0.5, 0.6) is 0 Å². The van der Waals surface area contributed by atoms with Crippen molar-refractivity contribution in [2.75, 3.05) is 4.90 Å². The van der Waals surface area contributed by atoms with E-state index in [0.717, 1.165) is 67.2 Å². The Morgan fingerprint density at radius 2 is 0.774 bits per heavy atom. The van der Waals surface area contributed by atoms with Gasteiger partial charge in [0.25, 0.3) is 0 Å². The summed E-state index contributed by atoms with van der Waals surface area (Å²) in [6.07, 6.45) is 0. The van der Waals surface area contributed by atoms with Gasteiger partial charge in [0.2, 0.25) is 0 Å². The average Bonchev–Trinajstić information content (AvgIpc) is 3.75. The fourth-order valence-corrected chi connectivity index (χ4v) is 8.79. The Balaban J connectivity index is 0.960. The number of hydrogen-bond donors (Lipinski definition) is 0. The van der Waals surface area contributed by atoms with Gasteiger partial charge in [0.1, 0.15) is 11.3 Å². The molecule has 1 aromatic heterocycles. The number of hydrogen-bond acceptors (Lipinski definition) is 2. The largest absolute Gasteiger partial charge is 0.455 e. The number of anilines is 3. The summed E-state index contributed by atoms with van der Waals surface area (Å²) in [7, 11) is 0. The molecule has 0 aliphatic rings. The van der Waals surface area contributed by atoms with E-state index >= 15 is 0 Å². The molecule has 11 aromatic rings. The van der Waals surface area contributed by atoms with Gasteiger partial charge in [0, 0.05) is 33.5 Å². The van der Waals surface area contributed by atoms with E-state index in [-0.39, 0.29) is 0 Å². The van der Waals surface area contributed by atoms with E-state index in [2.05, 4.69) is 241 Å². The number of nitrogens with zero attached hydrogens (tertiary/aromatic N) is 1.